The lowest BCUT2D eigenvalue weighted by Crippen LogP contribution is -2.19. The lowest BCUT2D eigenvalue weighted by atomic mass is 10.1. The summed E-state index contributed by atoms with van der Waals surface area (Å²) in [4.78, 5) is 36.9. The van der Waals surface area contributed by atoms with Crippen molar-refractivity contribution in [1.29, 1.82) is 0 Å². The van der Waals surface area contributed by atoms with E-state index in [0.29, 0.717) is 22.0 Å². The third-order valence-corrected chi connectivity index (χ3v) is 5.94. The second-order valence-corrected chi connectivity index (χ2v) is 8.37. The standard InChI is InChI=1S/C22H22N2O5S2/c1-3-28-22(27)20-16(17-5-4-10-29-17)11-31-21(20)24-19(26)13-30-12-18(25)23-15-8-6-14(2)7-9-15/h4-11H,3,12-13H2,1-2H3,(H,23,25)(H,24,26). The maximum atomic E-state index is 12.5. The van der Waals surface area contributed by atoms with Crippen molar-refractivity contribution in [3.8, 4) is 11.3 Å². The molecule has 0 fully saturated rings. The van der Waals surface area contributed by atoms with Crippen LogP contribution in [0.4, 0.5) is 10.7 Å². The summed E-state index contributed by atoms with van der Waals surface area (Å²) in [5.41, 5.74) is 2.64. The normalized spacial score (nSPS) is 10.5. The SMILES string of the molecule is CCOC(=O)c1c(-c2ccco2)csc1NC(=O)CSCC(=O)Nc1ccc(C)cc1. The number of rotatable bonds is 9. The molecule has 9 heteroatoms. The Labute approximate surface area is 188 Å². The van der Waals surface area contributed by atoms with Gasteiger partial charge in [0.05, 0.1) is 24.4 Å². The van der Waals surface area contributed by atoms with E-state index in [1.54, 1.807) is 24.4 Å². The number of benzene rings is 1. The minimum Gasteiger partial charge on any atom is -0.464 e. The van der Waals surface area contributed by atoms with E-state index in [-0.39, 0.29) is 35.5 Å². The number of amides is 2. The molecule has 2 heterocycles. The van der Waals surface area contributed by atoms with Crippen LogP contribution in [0, 0.1) is 6.92 Å². The molecule has 0 radical (unpaired) electrons. The lowest BCUT2D eigenvalue weighted by molar-refractivity contribution is -0.114. The zero-order valence-corrected chi connectivity index (χ0v) is 18.7. The van der Waals surface area contributed by atoms with Crippen LogP contribution >= 0.6 is 23.1 Å². The molecule has 0 bridgehead atoms. The summed E-state index contributed by atoms with van der Waals surface area (Å²) >= 11 is 2.40. The van der Waals surface area contributed by atoms with Gasteiger partial charge in [0.1, 0.15) is 16.3 Å². The third kappa shape index (κ3) is 6.22. The van der Waals surface area contributed by atoms with Gasteiger partial charge < -0.3 is 19.8 Å². The molecule has 0 saturated carbocycles. The predicted octanol–water partition coefficient (Wildman–Crippen LogP) is 4.80. The molecule has 0 saturated heterocycles. The first-order valence-corrected chi connectivity index (χ1v) is 11.6. The van der Waals surface area contributed by atoms with Gasteiger partial charge in [0.2, 0.25) is 11.8 Å². The van der Waals surface area contributed by atoms with Gasteiger partial charge in [0.25, 0.3) is 0 Å². The van der Waals surface area contributed by atoms with Crippen LogP contribution < -0.4 is 10.6 Å². The van der Waals surface area contributed by atoms with E-state index in [1.807, 2.05) is 31.2 Å². The van der Waals surface area contributed by atoms with Crippen molar-refractivity contribution in [2.24, 2.45) is 0 Å². The maximum absolute atomic E-state index is 12.5. The number of aryl methyl sites for hydroxylation is 1. The third-order valence-electron chi connectivity index (χ3n) is 4.11. The molecule has 3 rings (SSSR count). The van der Waals surface area contributed by atoms with E-state index in [2.05, 4.69) is 10.6 Å². The van der Waals surface area contributed by atoms with E-state index in [1.165, 1.54) is 29.4 Å². The number of hydrogen-bond donors (Lipinski definition) is 2. The van der Waals surface area contributed by atoms with Gasteiger partial charge in [0.15, 0.2) is 0 Å². The Kier molecular flexibility index (Phi) is 7.91. The second-order valence-electron chi connectivity index (χ2n) is 6.51. The van der Waals surface area contributed by atoms with Crippen molar-refractivity contribution in [2.45, 2.75) is 13.8 Å². The Balaban J connectivity index is 1.57. The van der Waals surface area contributed by atoms with Crippen LogP contribution in [0.1, 0.15) is 22.8 Å². The van der Waals surface area contributed by atoms with E-state index in [0.717, 1.165) is 5.56 Å². The molecule has 1 aromatic carbocycles. The van der Waals surface area contributed by atoms with Gasteiger partial charge in [-0.2, -0.15) is 0 Å². The minimum absolute atomic E-state index is 0.0670. The van der Waals surface area contributed by atoms with Crippen LogP contribution in [0.3, 0.4) is 0 Å². The molecule has 0 aliphatic heterocycles. The van der Waals surface area contributed by atoms with Crippen LogP contribution in [0.2, 0.25) is 0 Å². The Morgan fingerprint density at radius 3 is 2.42 bits per heavy atom. The first kappa shape index (κ1) is 22.6. The number of furan rings is 1. The smallest absolute Gasteiger partial charge is 0.341 e. The first-order chi connectivity index (χ1) is 15.0. The van der Waals surface area contributed by atoms with E-state index >= 15 is 0 Å². The number of thiophene rings is 1. The Morgan fingerprint density at radius 2 is 1.77 bits per heavy atom. The molecule has 162 valence electrons. The summed E-state index contributed by atoms with van der Waals surface area (Å²) in [6.45, 7) is 3.90. The topological polar surface area (TPSA) is 97.6 Å². The molecule has 31 heavy (non-hydrogen) atoms. The highest BCUT2D eigenvalue weighted by Crippen LogP contribution is 2.36. The number of thioether (sulfide) groups is 1. The van der Waals surface area contributed by atoms with Crippen LogP contribution in [0.25, 0.3) is 11.3 Å². The number of carbonyl (C=O) groups excluding carboxylic acids is 3. The molecule has 0 unspecified atom stereocenters. The Bertz CT molecular complexity index is 1040. The van der Waals surface area contributed by atoms with Crippen molar-refractivity contribution in [1.82, 2.24) is 0 Å². The van der Waals surface area contributed by atoms with Gasteiger partial charge in [-0.1, -0.05) is 17.7 Å². The summed E-state index contributed by atoms with van der Waals surface area (Å²) in [5, 5.41) is 7.66. The fraction of sp³-hybridized carbons (Fsp3) is 0.227. The predicted molar refractivity (Wildman–Crippen MR) is 124 cm³/mol. The highest BCUT2D eigenvalue weighted by Gasteiger charge is 2.24. The van der Waals surface area contributed by atoms with Gasteiger partial charge in [0, 0.05) is 16.6 Å². The molecule has 0 atom stereocenters. The van der Waals surface area contributed by atoms with Crippen LogP contribution in [-0.2, 0) is 14.3 Å². The monoisotopic (exact) mass is 458 g/mol. The van der Waals surface area contributed by atoms with Crippen LogP contribution in [-0.4, -0.2) is 35.9 Å². The second kappa shape index (κ2) is 10.8. The molecule has 2 amide bonds. The summed E-state index contributed by atoms with van der Waals surface area (Å²) in [7, 11) is 0. The van der Waals surface area contributed by atoms with Crippen molar-refractivity contribution >= 4 is 51.6 Å². The summed E-state index contributed by atoms with van der Waals surface area (Å²) < 4.78 is 10.5. The maximum Gasteiger partial charge on any atom is 0.341 e. The Morgan fingerprint density at radius 1 is 1.06 bits per heavy atom. The zero-order valence-electron chi connectivity index (χ0n) is 17.1. The molecule has 0 aliphatic carbocycles. The largest absolute Gasteiger partial charge is 0.464 e. The molecule has 0 spiro atoms. The van der Waals surface area contributed by atoms with Crippen LogP contribution in [0.15, 0.2) is 52.5 Å². The van der Waals surface area contributed by atoms with Gasteiger partial charge in [-0.15, -0.1) is 23.1 Å². The average molecular weight is 459 g/mol. The highest BCUT2D eigenvalue weighted by molar-refractivity contribution is 8.00. The molecule has 2 aromatic heterocycles. The Hall–Kier alpha value is -3.04. The summed E-state index contributed by atoms with van der Waals surface area (Å²) in [5.74, 6) is -0.319. The number of ether oxygens (including phenoxy) is 1. The van der Waals surface area contributed by atoms with E-state index < -0.39 is 5.97 Å². The highest BCUT2D eigenvalue weighted by atomic mass is 32.2. The van der Waals surface area contributed by atoms with Crippen molar-refractivity contribution in [3.05, 3.63) is 59.2 Å². The fourth-order valence-corrected chi connectivity index (χ4v) is 4.27. The molecule has 0 aliphatic rings. The lowest BCUT2D eigenvalue weighted by Gasteiger charge is -2.08. The quantitative estimate of drug-likeness (QED) is 0.447. The molecule has 7 nitrogen and oxygen atoms in total. The van der Waals surface area contributed by atoms with E-state index in [9.17, 15) is 14.4 Å². The molecule has 2 N–H and O–H groups in total. The van der Waals surface area contributed by atoms with Crippen molar-refractivity contribution < 1.29 is 23.5 Å². The van der Waals surface area contributed by atoms with Gasteiger partial charge >= 0.3 is 5.97 Å². The zero-order chi connectivity index (χ0) is 22.2. The van der Waals surface area contributed by atoms with Crippen molar-refractivity contribution in [3.63, 3.8) is 0 Å². The fourth-order valence-electron chi connectivity index (χ4n) is 2.70. The van der Waals surface area contributed by atoms with Crippen molar-refractivity contribution in [2.75, 3.05) is 28.7 Å². The van der Waals surface area contributed by atoms with E-state index in [4.69, 9.17) is 9.15 Å². The van der Waals surface area contributed by atoms with Gasteiger partial charge in [-0.05, 0) is 38.1 Å². The number of esters is 1. The number of carbonyl (C=O) groups is 3. The summed E-state index contributed by atoms with van der Waals surface area (Å²) in [6.07, 6.45) is 1.51. The minimum atomic E-state index is -0.532. The van der Waals surface area contributed by atoms with Crippen LogP contribution in [0.5, 0.6) is 0 Å². The number of anilines is 2. The molecule has 3 aromatic rings. The molecular weight excluding hydrogens is 436 g/mol. The van der Waals surface area contributed by atoms with Gasteiger partial charge in [-0.3, -0.25) is 9.59 Å². The summed E-state index contributed by atoms with van der Waals surface area (Å²) in [6, 6.07) is 10.9. The number of nitrogens with one attached hydrogen (secondary N) is 2. The first-order valence-electron chi connectivity index (χ1n) is 9.54. The average Bonchev–Trinajstić information content (AvgIpc) is 3.39. The van der Waals surface area contributed by atoms with Gasteiger partial charge in [-0.25, -0.2) is 4.79 Å². The number of hydrogen-bond acceptors (Lipinski definition) is 7. The molecular formula is C22H22N2O5S2.